The molecule has 0 bridgehead atoms. The molecule has 0 spiro atoms. The van der Waals surface area contributed by atoms with Crippen LogP contribution in [-0.2, 0) is 26.1 Å². The fourth-order valence-corrected chi connectivity index (χ4v) is 5.65. The number of halogens is 1. The molecule has 3 heterocycles. The van der Waals surface area contributed by atoms with E-state index in [2.05, 4.69) is 80.8 Å². The second-order valence-corrected chi connectivity index (χ2v) is 10.5. The maximum Gasteiger partial charge on any atom is 0.251 e. The first-order chi connectivity index (χ1) is 19.1. The van der Waals surface area contributed by atoms with Crippen LogP contribution in [0, 0.1) is 0 Å². The maximum atomic E-state index is 12.5. The van der Waals surface area contributed by atoms with Gasteiger partial charge in [0.15, 0.2) is 0 Å². The van der Waals surface area contributed by atoms with Crippen molar-refractivity contribution in [1.29, 1.82) is 0 Å². The quantitative estimate of drug-likeness (QED) is 0.219. The molecule has 0 saturated heterocycles. The zero-order valence-corrected chi connectivity index (χ0v) is 22.4. The number of hydrogen-bond donors (Lipinski definition) is 2. The van der Waals surface area contributed by atoms with Crippen molar-refractivity contribution in [3.8, 4) is 0 Å². The molecule has 1 aliphatic carbocycles. The van der Waals surface area contributed by atoms with Crippen LogP contribution in [0.3, 0.4) is 0 Å². The Morgan fingerprint density at radius 1 is 0.949 bits per heavy atom. The van der Waals surface area contributed by atoms with E-state index in [0.717, 1.165) is 43.4 Å². The van der Waals surface area contributed by atoms with Gasteiger partial charge >= 0.3 is 0 Å². The minimum absolute atomic E-state index is 0.170. The number of benzene rings is 2. The number of aromatic nitrogens is 3. The van der Waals surface area contributed by atoms with Gasteiger partial charge in [-0.2, -0.15) is 0 Å². The number of nitrogens with one attached hydrogen (secondary N) is 2. The summed E-state index contributed by atoms with van der Waals surface area (Å²) in [5.41, 5.74) is 7.70. The molecule has 6 nitrogen and oxygen atoms in total. The molecule has 2 N–H and O–H groups in total. The van der Waals surface area contributed by atoms with E-state index in [1.54, 1.807) is 12.1 Å². The Bertz CT molecular complexity index is 1560. The molecule has 0 saturated carbocycles. The fraction of sp³-hybridized carbons (Fsp3) is 0.219. The van der Waals surface area contributed by atoms with Crippen molar-refractivity contribution in [2.24, 2.45) is 0 Å². The van der Waals surface area contributed by atoms with Crippen molar-refractivity contribution in [2.45, 2.75) is 44.9 Å². The van der Waals surface area contributed by atoms with Crippen molar-refractivity contribution >= 4 is 28.4 Å². The van der Waals surface area contributed by atoms with Gasteiger partial charge in [-0.25, -0.2) is 4.98 Å². The summed E-state index contributed by atoms with van der Waals surface area (Å²) >= 11 is 5.92. The van der Waals surface area contributed by atoms with E-state index in [0.29, 0.717) is 17.3 Å². The highest BCUT2D eigenvalue weighted by atomic mass is 35.5. The summed E-state index contributed by atoms with van der Waals surface area (Å²) in [4.78, 5) is 27.4. The Labute approximate surface area is 233 Å². The molecule has 0 aliphatic heterocycles. The third-order valence-electron chi connectivity index (χ3n) is 7.42. The molecule has 0 radical (unpaired) electrons. The number of pyridine rings is 2. The van der Waals surface area contributed by atoms with Crippen LogP contribution in [0.4, 0.5) is 0 Å². The van der Waals surface area contributed by atoms with E-state index in [-0.39, 0.29) is 11.9 Å². The number of amides is 1. The van der Waals surface area contributed by atoms with Crippen LogP contribution in [0.25, 0.3) is 10.9 Å². The number of carbonyl (C=O) groups excluding carboxylic acids is 1. The van der Waals surface area contributed by atoms with E-state index in [9.17, 15) is 4.79 Å². The van der Waals surface area contributed by atoms with E-state index in [1.807, 2.05) is 12.3 Å². The van der Waals surface area contributed by atoms with Crippen LogP contribution >= 0.6 is 11.6 Å². The van der Waals surface area contributed by atoms with E-state index in [1.165, 1.54) is 34.1 Å². The molecular formula is C32H30ClN5O. The van der Waals surface area contributed by atoms with Gasteiger partial charge in [0.25, 0.3) is 5.91 Å². The Morgan fingerprint density at radius 2 is 1.79 bits per heavy atom. The molecule has 3 aromatic heterocycles. The summed E-state index contributed by atoms with van der Waals surface area (Å²) in [5, 5.41) is 4.50. The van der Waals surface area contributed by atoms with Gasteiger partial charge in [-0.05, 0) is 71.7 Å². The Hall–Kier alpha value is -4.00. The number of nitrogens with zero attached hydrogens (tertiary/aromatic N) is 3. The molecular weight excluding hydrogens is 506 g/mol. The van der Waals surface area contributed by atoms with Crippen LogP contribution in [0.2, 0.25) is 5.15 Å². The van der Waals surface area contributed by atoms with Gasteiger partial charge in [-0.1, -0.05) is 60.1 Å². The maximum absolute atomic E-state index is 12.5. The van der Waals surface area contributed by atoms with E-state index < -0.39 is 0 Å². The number of H-pyrrole nitrogens is 1. The topological polar surface area (TPSA) is 73.9 Å². The summed E-state index contributed by atoms with van der Waals surface area (Å²) in [6, 6.07) is 26.9. The largest absolute Gasteiger partial charge is 0.357 e. The van der Waals surface area contributed by atoms with Crippen LogP contribution in [-0.4, -0.2) is 25.8 Å². The third kappa shape index (κ3) is 5.87. The molecule has 0 fully saturated rings. The van der Waals surface area contributed by atoms with Crippen molar-refractivity contribution < 1.29 is 4.79 Å². The lowest BCUT2D eigenvalue weighted by molar-refractivity contribution is 0.0951. The van der Waals surface area contributed by atoms with Crippen molar-refractivity contribution in [3.05, 3.63) is 130 Å². The lowest BCUT2D eigenvalue weighted by Crippen LogP contribution is -2.31. The summed E-state index contributed by atoms with van der Waals surface area (Å²) in [5.74, 6) is -0.170. The molecule has 6 rings (SSSR count). The first kappa shape index (κ1) is 25.3. The average molecular weight is 536 g/mol. The molecule has 1 atom stereocenters. The second-order valence-electron chi connectivity index (χ2n) is 10.1. The van der Waals surface area contributed by atoms with Crippen molar-refractivity contribution in [3.63, 3.8) is 0 Å². The van der Waals surface area contributed by atoms with Crippen LogP contribution < -0.4 is 5.32 Å². The summed E-state index contributed by atoms with van der Waals surface area (Å²) in [6.45, 7) is 2.05. The second kappa shape index (κ2) is 11.4. The summed E-state index contributed by atoms with van der Waals surface area (Å²) in [7, 11) is 0. The Kier molecular flexibility index (Phi) is 7.39. The molecule has 1 aliphatic rings. The highest BCUT2D eigenvalue weighted by Gasteiger charge is 2.27. The van der Waals surface area contributed by atoms with Crippen molar-refractivity contribution in [1.82, 2.24) is 25.2 Å². The highest BCUT2D eigenvalue weighted by Crippen LogP contribution is 2.35. The minimum atomic E-state index is -0.170. The molecule has 2 aromatic carbocycles. The number of aryl methyl sites for hydroxylation is 1. The van der Waals surface area contributed by atoms with Crippen molar-refractivity contribution in [2.75, 3.05) is 0 Å². The molecule has 5 aromatic rings. The van der Waals surface area contributed by atoms with Gasteiger partial charge in [-0.3, -0.25) is 14.7 Å². The summed E-state index contributed by atoms with van der Waals surface area (Å²) < 4.78 is 0. The number of para-hydroxylation sites is 1. The SMILES string of the molecule is O=C(NCc1ccc(CN(Cc2cc3ccccc3[nH]2)C2CCCc3cccnc32)cc1)c1ccnc(Cl)c1. The fourth-order valence-electron chi connectivity index (χ4n) is 5.48. The third-order valence-corrected chi connectivity index (χ3v) is 7.62. The number of aromatic amines is 1. The standard InChI is InChI=1S/C32H30ClN5O/c33-30-18-26(14-16-34-30)32(39)36-19-22-10-12-23(13-11-22)20-38(21-27-17-25-5-1-2-8-28(25)37-27)29-9-3-6-24-7-4-15-35-31(24)29/h1-2,4-5,7-8,10-18,29,37H,3,6,9,19-21H2,(H,36,39). The molecule has 7 heteroatoms. The predicted molar refractivity (Wildman–Crippen MR) is 154 cm³/mol. The number of carbonyl (C=O) groups is 1. The zero-order chi connectivity index (χ0) is 26.6. The Morgan fingerprint density at radius 3 is 2.64 bits per heavy atom. The minimum Gasteiger partial charge on any atom is -0.357 e. The average Bonchev–Trinajstić information content (AvgIpc) is 3.38. The normalized spacial score (nSPS) is 14.9. The van der Waals surface area contributed by atoms with Gasteiger partial charge in [0.2, 0.25) is 0 Å². The summed E-state index contributed by atoms with van der Waals surface area (Å²) in [6.07, 6.45) is 6.79. The number of hydrogen-bond acceptors (Lipinski definition) is 4. The van der Waals surface area contributed by atoms with E-state index >= 15 is 0 Å². The highest BCUT2D eigenvalue weighted by molar-refractivity contribution is 6.29. The van der Waals surface area contributed by atoms with Gasteiger partial charge in [0.05, 0.1) is 11.7 Å². The van der Waals surface area contributed by atoms with E-state index in [4.69, 9.17) is 16.6 Å². The number of fused-ring (bicyclic) bond motifs is 2. The predicted octanol–water partition coefficient (Wildman–Crippen LogP) is 6.62. The molecule has 39 heavy (non-hydrogen) atoms. The zero-order valence-electron chi connectivity index (χ0n) is 21.6. The number of rotatable bonds is 8. The lowest BCUT2D eigenvalue weighted by Gasteiger charge is -2.35. The molecule has 1 amide bonds. The van der Waals surface area contributed by atoms with Gasteiger partial charge in [0.1, 0.15) is 5.15 Å². The first-order valence-electron chi connectivity index (χ1n) is 13.3. The van der Waals surface area contributed by atoms with Gasteiger partial charge in [0, 0.05) is 48.8 Å². The molecule has 196 valence electrons. The van der Waals surface area contributed by atoms with Crippen LogP contribution in [0.1, 0.15) is 57.3 Å². The lowest BCUT2D eigenvalue weighted by atomic mass is 9.90. The first-order valence-corrected chi connectivity index (χ1v) is 13.7. The monoisotopic (exact) mass is 535 g/mol. The van der Waals surface area contributed by atoms with Gasteiger partial charge in [-0.15, -0.1) is 0 Å². The van der Waals surface area contributed by atoms with Crippen LogP contribution in [0.5, 0.6) is 0 Å². The Balaban J connectivity index is 1.19. The van der Waals surface area contributed by atoms with Crippen LogP contribution in [0.15, 0.2) is 91.3 Å². The van der Waals surface area contributed by atoms with Gasteiger partial charge < -0.3 is 10.3 Å². The smallest absolute Gasteiger partial charge is 0.251 e. The molecule has 1 unspecified atom stereocenters.